The van der Waals surface area contributed by atoms with Gasteiger partial charge in [0.25, 0.3) is 0 Å². The van der Waals surface area contributed by atoms with E-state index in [2.05, 4.69) is 15.1 Å². The molecule has 0 aliphatic carbocycles. The number of pyridine rings is 2. The van der Waals surface area contributed by atoms with Gasteiger partial charge in [-0.25, -0.2) is 4.98 Å². The Morgan fingerprint density at radius 3 is 2.96 bits per heavy atom. The van der Waals surface area contributed by atoms with E-state index < -0.39 is 0 Å². The number of methoxy groups -OCH3 is 1. The molecule has 0 saturated carbocycles. The molecule has 0 aliphatic rings. The summed E-state index contributed by atoms with van der Waals surface area (Å²) in [5.74, 6) is -0.341. The quantitative estimate of drug-likeness (QED) is 0.497. The van der Waals surface area contributed by atoms with Crippen molar-refractivity contribution in [3.05, 3.63) is 71.5 Å². The number of carbonyl (C=O) groups excluding carboxylic acids is 1. The lowest BCUT2D eigenvalue weighted by molar-refractivity contribution is -0.139. The van der Waals surface area contributed by atoms with Crippen molar-refractivity contribution in [2.75, 3.05) is 7.11 Å². The molecule has 4 aromatic rings. The van der Waals surface area contributed by atoms with Gasteiger partial charge in [0, 0.05) is 36.5 Å². The SMILES string of the molecule is COC(=O)Cc1cn2cc(Cl)cc(-c3ccn(Cc4cccnc4)n3)c2n1. The standard InChI is InChI=1S/C19H16ClN5O2/c1-27-18(26)8-15-12-24-11-14(20)7-16(19(24)22-15)17-4-6-25(23-17)10-13-3-2-5-21-9-13/h2-7,9,11-12H,8,10H2,1H3. The number of halogens is 1. The van der Waals surface area contributed by atoms with Gasteiger partial charge < -0.3 is 9.14 Å². The highest BCUT2D eigenvalue weighted by atomic mass is 35.5. The van der Waals surface area contributed by atoms with E-state index in [0.29, 0.717) is 22.9 Å². The zero-order valence-electron chi connectivity index (χ0n) is 14.5. The Kier molecular flexibility index (Phi) is 4.60. The van der Waals surface area contributed by atoms with Gasteiger partial charge >= 0.3 is 5.97 Å². The highest BCUT2D eigenvalue weighted by Crippen LogP contribution is 2.26. The van der Waals surface area contributed by atoms with E-state index in [0.717, 1.165) is 16.8 Å². The maximum Gasteiger partial charge on any atom is 0.311 e. The lowest BCUT2D eigenvalue weighted by atomic mass is 10.2. The van der Waals surface area contributed by atoms with Crippen LogP contribution in [0.4, 0.5) is 0 Å². The Balaban J connectivity index is 1.69. The van der Waals surface area contributed by atoms with Crippen molar-refractivity contribution in [2.24, 2.45) is 0 Å². The van der Waals surface area contributed by atoms with Gasteiger partial charge in [0.15, 0.2) is 0 Å². The third-order valence-electron chi connectivity index (χ3n) is 4.10. The Hall–Kier alpha value is -3.19. The van der Waals surface area contributed by atoms with Gasteiger partial charge in [-0.05, 0) is 23.8 Å². The molecule has 0 unspecified atom stereocenters. The number of ether oxygens (including phenoxy) is 1. The maximum absolute atomic E-state index is 11.5. The molecular formula is C19H16ClN5O2. The average molecular weight is 382 g/mol. The normalized spacial score (nSPS) is 11.0. The van der Waals surface area contributed by atoms with E-state index in [9.17, 15) is 4.79 Å². The molecule has 4 rings (SSSR count). The summed E-state index contributed by atoms with van der Waals surface area (Å²) in [5, 5.41) is 5.20. The van der Waals surface area contributed by atoms with Crippen LogP contribution in [0.5, 0.6) is 0 Å². The monoisotopic (exact) mass is 381 g/mol. The fourth-order valence-corrected chi connectivity index (χ4v) is 3.09. The first-order valence-corrected chi connectivity index (χ1v) is 8.67. The summed E-state index contributed by atoms with van der Waals surface area (Å²) in [5.41, 5.74) is 3.90. The summed E-state index contributed by atoms with van der Waals surface area (Å²) < 4.78 is 8.35. The number of imidazole rings is 1. The van der Waals surface area contributed by atoms with Crippen molar-refractivity contribution in [3.63, 3.8) is 0 Å². The highest BCUT2D eigenvalue weighted by Gasteiger charge is 2.14. The molecule has 0 aromatic carbocycles. The first-order valence-electron chi connectivity index (χ1n) is 8.29. The molecule has 27 heavy (non-hydrogen) atoms. The smallest absolute Gasteiger partial charge is 0.311 e. The van der Waals surface area contributed by atoms with Crippen LogP contribution in [0.15, 0.2) is 55.2 Å². The molecule has 0 saturated heterocycles. The number of esters is 1. The third kappa shape index (κ3) is 3.68. The summed E-state index contributed by atoms with van der Waals surface area (Å²) in [6, 6.07) is 7.63. The van der Waals surface area contributed by atoms with Crippen LogP contribution >= 0.6 is 11.6 Å². The van der Waals surface area contributed by atoms with E-state index >= 15 is 0 Å². The predicted molar refractivity (Wildman–Crippen MR) is 100 cm³/mol. The second kappa shape index (κ2) is 7.20. The summed E-state index contributed by atoms with van der Waals surface area (Å²) in [6.07, 6.45) is 9.08. The molecule has 0 bridgehead atoms. The van der Waals surface area contributed by atoms with Crippen molar-refractivity contribution in [2.45, 2.75) is 13.0 Å². The molecule has 8 heteroatoms. The van der Waals surface area contributed by atoms with Gasteiger partial charge in [-0.1, -0.05) is 17.7 Å². The molecule has 4 aromatic heterocycles. The second-order valence-electron chi connectivity index (χ2n) is 6.05. The van der Waals surface area contributed by atoms with Crippen LogP contribution in [0.1, 0.15) is 11.3 Å². The molecule has 4 heterocycles. The lowest BCUT2D eigenvalue weighted by Gasteiger charge is -2.03. The molecule has 0 spiro atoms. The van der Waals surface area contributed by atoms with E-state index in [1.807, 2.05) is 41.3 Å². The summed E-state index contributed by atoms with van der Waals surface area (Å²) >= 11 is 6.27. The molecule has 0 radical (unpaired) electrons. The van der Waals surface area contributed by atoms with Gasteiger partial charge in [0.2, 0.25) is 0 Å². The summed E-state index contributed by atoms with van der Waals surface area (Å²) in [6.45, 7) is 0.618. The number of nitrogens with zero attached hydrogens (tertiary/aromatic N) is 5. The van der Waals surface area contributed by atoms with Crippen LogP contribution in [-0.2, 0) is 22.5 Å². The summed E-state index contributed by atoms with van der Waals surface area (Å²) in [4.78, 5) is 20.2. The van der Waals surface area contributed by atoms with Gasteiger partial charge in [-0.2, -0.15) is 5.10 Å². The van der Waals surface area contributed by atoms with E-state index in [1.54, 1.807) is 23.0 Å². The first-order chi connectivity index (χ1) is 13.1. The van der Waals surface area contributed by atoms with Gasteiger partial charge in [-0.15, -0.1) is 0 Å². The number of hydrogen-bond acceptors (Lipinski definition) is 5. The molecular weight excluding hydrogens is 366 g/mol. The topological polar surface area (TPSA) is 74.3 Å². The number of carbonyl (C=O) groups is 1. The van der Waals surface area contributed by atoms with Crippen LogP contribution in [0.2, 0.25) is 5.02 Å². The molecule has 0 N–H and O–H groups in total. The Bertz CT molecular complexity index is 1100. The van der Waals surface area contributed by atoms with Gasteiger partial charge in [0.05, 0.1) is 36.5 Å². The van der Waals surface area contributed by atoms with E-state index in [4.69, 9.17) is 16.3 Å². The van der Waals surface area contributed by atoms with Crippen molar-refractivity contribution >= 4 is 23.2 Å². The molecule has 0 fully saturated rings. The number of aromatic nitrogens is 5. The molecule has 0 aliphatic heterocycles. The van der Waals surface area contributed by atoms with Crippen molar-refractivity contribution in [1.82, 2.24) is 24.1 Å². The predicted octanol–water partition coefficient (Wildman–Crippen LogP) is 3.01. The van der Waals surface area contributed by atoms with E-state index in [-0.39, 0.29) is 12.4 Å². The molecule has 0 atom stereocenters. The number of fused-ring (bicyclic) bond motifs is 1. The minimum atomic E-state index is -0.341. The number of rotatable bonds is 5. The zero-order valence-corrected chi connectivity index (χ0v) is 15.3. The minimum absolute atomic E-state index is 0.102. The highest BCUT2D eigenvalue weighted by molar-refractivity contribution is 6.30. The maximum atomic E-state index is 11.5. The fraction of sp³-hybridized carbons (Fsp3) is 0.158. The third-order valence-corrected chi connectivity index (χ3v) is 4.31. The van der Waals surface area contributed by atoms with Crippen LogP contribution in [-0.4, -0.2) is 37.2 Å². The fourth-order valence-electron chi connectivity index (χ4n) is 2.88. The second-order valence-corrected chi connectivity index (χ2v) is 6.48. The molecule has 7 nitrogen and oxygen atoms in total. The largest absolute Gasteiger partial charge is 0.469 e. The Morgan fingerprint density at radius 2 is 2.19 bits per heavy atom. The van der Waals surface area contributed by atoms with Crippen LogP contribution in [0.25, 0.3) is 16.9 Å². The minimum Gasteiger partial charge on any atom is -0.469 e. The number of hydrogen-bond donors (Lipinski definition) is 0. The lowest BCUT2D eigenvalue weighted by Crippen LogP contribution is -2.04. The van der Waals surface area contributed by atoms with Crippen LogP contribution < -0.4 is 0 Å². The average Bonchev–Trinajstić information content (AvgIpc) is 3.28. The van der Waals surface area contributed by atoms with Crippen molar-refractivity contribution in [3.8, 4) is 11.3 Å². The Morgan fingerprint density at radius 1 is 1.30 bits per heavy atom. The van der Waals surface area contributed by atoms with Crippen LogP contribution in [0.3, 0.4) is 0 Å². The van der Waals surface area contributed by atoms with Gasteiger partial charge in [-0.3, -0.25) is 14.5 Å². The molecule has 136 valence electrons. The Labute approximate surface area is 160 Å². The van der Waals surface area contributed by atoms with Crippen molar-refractivity contribution < 1.29 is 9.53 Å². The van der Waals surface area contributed by atoms with Crippen molar-refractivity contribution in [1.29, 1.82) is 0 Å². The van der Waals surface area contributed by atoms with E-state index in [1.165, 1.54) is 7.11 Å². The van der Waals surface area contributed by atoms with Crippen LogP contribution in [0, 0.1) is 0 Å². The van der Waals surface area contributed by atoms with Gasteiger partial charge in [0.1, 0.15) is 5.65 Å². The summed E-state index contributed by atoms with van der Waals surface area (Å²) in [7, 11) is 1.36. The first kappa shape index (κ1) is 17.2. The zero-order chi connectivity index (χ0) is 18.8. The molecule has 0 amide bonds.